The predicted molar refractivity (Wildman–Crippen MR) is 96.7 cm³/mol. The smallest absolute Gasteiger partial charge is 0.355 e. The van der Waals surface area contributed by atoms with Crippen LogP contribution in [0.5, 0.6) is 0 Å². The van der Waals surface area contributed by atoms with Gasteiger partial charge in [-0.05, 0) is 51.1 Å². The molecule has 0 bridgehead atoms. The fraction of sp³-hybridized carbons (Fsp3) is 0.263. The van der Waals surface area contributed by atoms with Gasteiger partial charge in [-0.2, -0.15) is 0 Å². The predicted octanol–water partition coefficient (Wildman–Crippen LogP) is 2.58. The van der Waals surface area contributed by atoms with Crippen molar-refractivity contribution in [3.05, 3.63) is 53.3 Å². The third-order valence-electron chi connectivity index (χ3n) is 3.39. The van der Waals surface area contributed by atoms with Crippen LogP contribution in [-0.2, 0) is 14.3 Å². The molecule has 27 heavy (non-hydrogen) atoms. The molecule has 0 aliphatic rings. The van der Waals surface area contributed by atoms with E-state index in [-0.39, 0.29) is 17.6 Å². The van der Waals surface area contributed by atoms with Gasteiger partial charge < -0.3 is 19.8 Å². The number of carbonyl (C=O) groups excluding carboxylic acids is 4. The zero-order valence-corrected chi connectivity index (χ0v) is 15.2. The van der Waals surface area contributed by atoms with Gasteiger partial charge >= 0.3 is 11.9 Å². The second kappa shape index (κ2) is 8.79. The Morgan fingerprint density at radius 2 is 1.70 bits per heavy atom. The molecule has 0 radical (unpaired) electrons. The monoisotopic (exact) mass is 372 g/mol. The van der Waals surface area contributed by atoms with Gasteiger partial charge in [0, 0.05) is 17.4 Å². The summed E-state index contributed by atoms with van der Waals surface area (Å²) < 4.78 is 9.97. The number of aromatic nitrogens is 1. The molecule has 0 aliphatic heterocycles. The van der Waals surface area contributed by atoms with Gasteiger partial charge in [-0.15, -0.1) is 0 Å². The van der Waals surface area contributed by atoms with Crippen LogP contribution in [0.4, 0.5) is 5.69 Å². The number of carbonyl (C=O) groups is 4. The molecule has 0 unspecified atom stereocenters. The lowest BCUT2D eigenvalue weighted by atomic mass is 10.2. The Morgan fingerprint density at radius 3 is 2.26 bits per heavy atom. The number of benzene rings is 1. The summed E-state index contributed by atoms with van der Waals surface area (Å²) in [4.78, 5) is 49.3. The summed E-state index contributed by atoms with van der Waals surface area (Å²) in [5.74, 6) is -1.93. The summed E-state index contributed by atoms with van der Waals surface area (Å²) in [6.07, 6.45) is 1.17. The second-order valence-electron chi connectivity index (χ2n) is 6.01. The maximum Gasteiger partial charge on any atom is 0.355 e. The number of anilines is 1. The number of ether oxygens (including phenoxy) is 2. The minimum Gasteiger partial charge on any atom is -0.459 e. The average molecular weight is 372 g/mol. The number of H-pyrrole nitrogens is 1. The maximum absolute atomic E-state index is 11.9. The normalized spacial score (nSPS) is 10.4. The first-order valence-corrected chi connectivity index (χ1v) is 8.23. The fourth-order valence-electron chi connectivity index (χ4n) is 2.09. The van der Waals surface area contributed by atoms with Crippen LogP contribution in [0.15, 0.2) is 36.5 Å². The molecule has 1 aromatic carbocycles. The van der Waals surface area contributed by atoms with E-state index in [4.69, 9.17) is 9.47 Å². The molecule has 0 saturated carbocycles. The number of Topliss-reactive ketones (excluding diaryl/α,β-unsaturated/α-hetero) is 1. The van der Waals surface area contributed by atoms with Gasteiger partial charge in [0.05, 0.1) is 11.7 Å². The minimum atomic E-state index is -0.746. The lowest BCUT2D eigenvalue weighted by Crippen LogP contribution is -2.21. The SMILES string of the molecule is CC(=O)c1c[nH]c(C(=O)OCC(=O)Nc2ccc(C(=O)OC(C)C)cc2)c1. The van der Waals surface area contributed by atoms with Crippen LogP contribution in [0.1, 0.15) is 52.0 Å². The van der Waals surface area contributed by atoms with E-state index in [0.717, 1.165) is 0 Å². The van der Waals surface area contributed by atoms with Crippen LogP contribution in [0.25, 0.3) is 0 Å². The molecule has 0 atom stereocenters. The van der Waals surface area contributed by atoms with Crippen LogP contribution >= 0.6 is 0 Å². The number of rotatable bonds is 7. The van der Waals surface area contributed by atoms with Crippen molar-refractivity contribution in [2.45, 2.75) is 26.9 Å². The summed E-state index contributed by atoms with van der Waals surface area (Å²) in [5.41, 5.74) is 1.24. The number of ketones is 1. The molecule has 1 aromatic heterocycles. The highest BCUT2D eigenvalue weighted by Gasteiger charge is 2.14. The van der Waals surface area contributed by atoms with Crippen molar-refractivity contribution in [3.63, 3.8) is 0 Å². The van der Waals surface area contributed by atoms with Crippen LogP contribution in [0.3, 0.4) is 0 Å². The van der Waals surface area contributed by atoms with E-state index in [0.29, 0.717) is 16.8 Å². The molecule has 1 amide bonds. The molecule has 2 N–H and O–H groups in total. The lowest BCUT2D eigenvalue weighted by molar-refractivity contribution is -0.119. The van der Waals surface area contributed by atoms with E-state index in [1.54, 1.807) is 26.0 Å². The van der Waals surface area contributed by atoms with Gasteiger partial charge in [0.15, 0.2) is 12.4 Å². The molecule has 142 valence electrons. The van der Waals surface area contributed by atoms with Gasteiger partial charge in [-0.3, -0.25) is 9.59 Å². The van der Waals surface area contributed by atoms with Crippen molar-refractivity contribution in [1.29, 1.82) is 0 Å². The first-order valence-electron chi connectivity index (χ1n) is 8.23. The molecule has 0 fully saturated rings. The van der Waals surface area contributed by atoms with Crippen molar-refractivity contribution in [3.8, 4) is 0 Å². The van der Waals surface area contributed by atoms with E-state index in [1.807, 2.05) is 0 Å². The van der Waals surface area contributed by atoms with Crippen LogP contribution in [0.2, 0.25) is 0 Å². The minimum absolute atomic E-state index is 0.0843. The first-order chi connectivity index (χ1) is 12.8. The molecule has 0 saturated heterocycles. The lowest BCUT2D eigenvalue weighted by Gasteiger charge is -2.09. The highest BCUT2D eigenvalue weighted by atomic mass is 16.5. The highest BCUT2D eigenvalue weighted by Crippen LogP contribution is 2.12. The Balaban J connectivity index is 1.85. The van der Waals surface area contributed by atoms with Crippen molar-refractivity contribution >= 4 is 29.3 Å². The number of nitrogens with one attached hydrogen (secondary N) is 2. The third kappa shape index (κ3) is 5.81. The van der Waals surface area contributed by atoms with E-state index in [2.05, 4.69) is 10.3 Å². The second-order valence-corrected chi connectivity index (χ2v) is 6.01. The van der Waals surface area contributed by atoms with E-state index >= 15 is 0 Å². The summed E-state index contributed by atoms with van der Waals surface area (Å²) in [6, 6.07) is 7.49. The third-order valence-corrected chi connectivity index (χ3v) is 3.39. The Hall–Kier alpha value is -3.42. The average Bonchev–Trinajstić information content (AvgIpc) is 3.10. The van der Waals surface area contributed by atoms with Crippen LogP contribution < -0.4 is 5.32 Å². The van der Waals surface area contributed by atoms with Gasteiger partial charge in [0.25, 0.3) is 5.91 Å². The Morgan fingerprint density at radius 1 is 1.04 bits per heavy atom. The summed E-state index contributed by atoms with van der Waals surface area (Å²) in [5, 5.41) is 2.55. The van der Waals surface area contributed by atoms with E-state index in [1.165, 1.54) is 31.3 Å². The van der Waals surface area contributed by atoms with Gasteiger partial charge in [0.2, 0.25) is 0 Å². The van der Waals surface area contributed by atoms with Crippen molar-refractivity contribution in [2.24, 2.45) is 0 Å². The molecule has 2 rings (SSSR count). The number of hydrogen-bond acceptors (Lipinski definition) is 6. The summed E-state index contributed by atoms with van der Waals surface area (Å²) in [7, 11) is 0. The fourth-order valence-corrected chi connectivity index (χ4v) is 2.09. The topological polar surface area (TPSA) is 115 Å². The number of amides is 1. The quantitative estimate of drug-likeness (QED) is 0.570. The molecule has 0 spiro atoms. The number of hydrogen-bond donors (Lipinski definition) is 2. The highest BCUT2D eigenvalue weighted by molar-refractivity contribution is 5.98. The summed E-state index contributed by atoms with van der Waals surface area (Å²) >= 11 is 0. The van der Waals surface area contributed by atoms with Gasteiger partial charge in [-0.1, -0.05) is 0 Å². The first kappa shape index (κ1) is 19.9. The van der Waals surface area contributed by atoms with E-state index < -0.39 is 24.5 Å². The Labute approximate surface area is 155 Å². The maximum atomic E-state index is 11.9. The van der Waals surface area contributed by atoms with Crippen LogP contribution in [0, 0.1) is 0 Å². The number of esters is 2. The van der Waals surface area contributed by atoms with E-state index in [9.17, 15) is 19.2 Å². The molecule has 0 aliphatic carbocycles. The standard InChI is InChI=1S/C19H20N2O6/c1-11(2)27-18(24)13-4-6-15(7-5-13)21-17(23)10-26-19(25)16-8-14(9-20-16)12(3)22/h4-9,11,20H,10H2,1-3H3,(H,21,23). The van der Waals surface area contributed by atoms with Gasteiger partial charge in [0.1, 0.15) is 5.69 Å². The van der Waals surface area contributed by atoms with Gasteiger partial charge in [-0.25, -0.2) is 9.59 Å². The largest absolute Gasteiger partial charge is 0.459 e. The summed E-state index contributed by atoms with van der Waals surface area (Å²) in [6.45, 7) is 4.38. The van der Waals surface area contributed by atoms with Crippen molar-refractivity contribution in [1.82, 2.24) is 4.98 Å². The molecule has 8 heteroatoms. The van der Waals surface area contributed by atoms with Crippen molar-refractivity contribution in [2.75, 3.05) is 11.9 Å². The zero-order chi connectivity index (χ0) is 20.0. The molecular formula is C19H20N2O6. The van der Waals surface area contributed by atoms with Crippen molar-refractivity contribution < 1.29 is 28.7 Å². The molecule has 1 heterocycles. The Kier molecular flexibility index (Phi) is 6.48. The number of aromatic amines is 1. The Bertz CT molecular complexity index is 851. The van der Waals surface area contributed by atoms with Crippen LogP contribution in [-0.4, -0.2) is 41.3 Å². The zero-order valence-electron chi connectivity index (χ0n) is 15.2. The molecule has 2 aromatic rings. The molecular weight excluding hydrogens is 352 g/mol. The molecule has 8 nitrogen and oxygen atoms in total.